The predicted molar refractivity (Wildman–Crippen MR) is 102 cm³/mol. The molecule has 1 aromatic carbocycles. The van der Waals surface area contributed by atoms with Crippen molar-refractivity contribution in [3.8, 4) is 5.69 Å². The highest BCUT2D eigenvalue weighted by atomic mass is 16.5. The second-order valence-corrected chi connectivity index (χ2v) is 6.65. The molecule has 0 unspecified atom stereocenters. The van der Waals surface area contributed by atoms with Crippen LogP contribution in [0.1, 0.15) is 12.8 Å². The molecule has 2 heterocycles. The predicted octanol–water partition coefficient (Wildman–Crippen LogP) is 2.35. The number of anilines is 1. The number of rotatable bonds is 8. The molecule has 2 amide bonds. The van der Waals surface area contributed by atoms with E-state index in [2.05, 4.69) is 20.5 Å². The summed E-state index contributed by atoms with van der Waals surface area (Å²) >= 11 is 0. The topological polar surface area (TPSA) is 71.4 Å². The summed E-state index contributed by atoms with van der Waals surface area (Å²) in [6.07, 6.45) is 7.56. The van der Waals surface area contributed by atoms with Gasteiger partial charge in [0, 0.05) is 57.1 Å². The maximum atomic E-state index is 12.1. The Kier molecular flexibility index (Phi) is 6.62. The fourth-order valence-corrected chi connectivity index (χ4v) is 3.26. The largest absolute Gasteiger partial charge is 0.385 e. The van der Waals surface area contributed by atoms with E-state index in [4.69, 9.17) is 4.74 Å². The molecule has 1 aliphatic heterocycles. The Labute approximate surface area is 154 Å². The Morgan fingerprint density at radius 1 is 1.35 bits per heavy atom. The number of nitrogens with one attached hydrogen (secondary N) is 2. The number of nitrogens with zero attached hydrogens (tertiary/aromatic N) is 3. The van der Waals surface area contributed by atoms with Crippen LogP contribution in [0.25, 0.3) is 5.69 Å². The summed E-state index contributed by atoms with van der Waals surface area (Å²) in [6, 6.07) is 7.53. The van der Waals surface area contributed by atoms with E-state index in [1.54, 1.807) is 19.6 Å². The summed E-state index contributed by atoms with van der Waals surface area (Å²) in [6.45, 7) is 4.73. The Morgan fingerprint density at radius 3 is 2.92 bits per heavy atom. The first-order valence-electron chi connectivity index (χ1n) is 9.09. The van der Waals surface area contributed by atoms with E-state index in [0.29, 0.717) is 12.5 Å². The number of carbonyl (C=O) groups is 1. The van der Waals surface area contributed by atoms with Crippen LogP contribution in [0.4, 0.5) is 10.5 Å². The Balaban J connectivity index is 1.38. The number of benzene rings is 1. The van der Waals surface area contributed by atoms with E-state index >= 15 is 0 Å². The van der Waals surface area contributed by atoms with Crippen molar-refractivity contribution < 1.29 is 9.53 Å². The van der Waals surface area contributed by atoms with Gasteiger partial charge in [-0.15, -0.1) is 0 Å². The lowest BCUT2D eigenvalue weighted by molar-refractivity contribution is 0.178. The van der Waals surface area contributed by atoms with Crippen LogP contribution < -0.4 is 10.6 Å². The average Bonchev–Trinajstić information content (AvgIpc) is 3.33. The molecule has 2 aromatic rings. The van der Waals surface area contributed by atoms with Crippen molar-refractivity contribution in [2.45, 2.75) is 12.8 Å². The average molecular weight is 357 g/mol. The lowest BCUT2D eigenvalue weighted by atomic mass is 10.1. The first kappa shape index (κ1) is 18.4. The molecule has 0 aliphatic carbocycles. The number of ether oxygens (including phenoxy) is 1. The van der Waals surface area contributed by atoms with Gasteiger partial charge in [-0.05, 0) is 49.6 Å². The van der Waals surface area contributed by atoms with Crippen molar-refractivity contribution in [1.29, 1.82) is 0 Å². The maximum Gasteiger partial charge on any atom is 0.319 e. The minimum Gasteiger partial charge on any atom is -0.385 e. The lowest BCUT2D eigenvalue weighted by Gasteiger charge is -2.16. The second kappa shape index (κ2) is 9.35. The van der Waals surface area contributed by atoms with Crippen molar-refractivity contribution in [2.75, 3.05) is 45.2 Å². The molecule has 26 heavy (non-hydrogen) atoms. The van der Waals surface area contributed by atoms with Crippen molar-refractivity contribution >= 4 is 11.7 Å². The van der Waals surface area contributed by atoms with Crippen molar-refractivity contribution in [2.24, 2.45) is 5.92 Å². The van der Waals surface area contributed by atoms with Crippen LogP contribution in [0.5, 0.6) is 0 Å². The minimum absolute atomic E-state index is 0.154. The SMILES string of the molecule is COCCCN1CC[C@H](CNC(=O)Nc2ccc(-n3ccnc3)cc2)C1. The summed E-state index contributed by atoms with van der Waals surface area (Å²) in [4.78, 5) is 18.6. The standard InChI is InChI=1S/C19H27N5O2/c1-26-12-2-9-23-10-7-16(14-23)13-21-19(25)22-17-3-5-18(6-4-17)24-11-8-20-15-24/h3-6,8,11,15-16H,2,7,9-10,12-14H2,1H3,(H2,21,22,25)/t16-/m1/s1. The highest BCUT2D eigenvalue weighted by Crippen LogP contribution is 2.16. The Bertz CT molecular complexity index is 672. The van der Waals surface area contributed by atoms with Crippen LogP contribution in [0.15, 0.2) is 43.0 Å². The Hall–Kier alpha value is -2.38. The van der Waals surface area contributed by atoms with Gasteiger partial charge >= 0.3 is 6.03 Å². The molecule has 2 N–H and O–H groups in total. The van der Waals surface area contributed by atoms with E-state index in [-0.39, 0.29) is 6.03 Å². The van der Waals surface area contributed by atoms with Crippen LogP contribution in [0.3, 0.4) is 0 Å². The zero-order valence-electron chi connectivity index (χ0n) is 15.2. The molecule has 1 aromatic heterocycles. The van der Waals surface area contributed by atoms with Gasteiger partial charge in [-0.1, -0.05) is 0 Å². The highest BCUT2D eigenvalue weighted by molar-refractivity contribution is 5.89. The van der Waals surface area contributed by atoms with Gasteiger partial charge in [-0.25, -0.2) is 9.78 Å². The molecule has 7 heteroatoms. The second-order valence-electron chi connectivity index (χ2n) is 6.65. The van der Waals surface area contributed by atoms with E-state index < -0.39 is 0 Å². The molecule has 0 bridgehead atoms. The van der Waals surface area contributed by atoms with E-state index in [9.17, 15) is 4.79 Å². The number of methoxy groups -OCH3 is 1. The molecule has 1 aliphatic rings. The van der Waals surface area contributed by atoms with E-state index in [1.807, 2.05) is 35.0 Å². The van der Waals surface area contributed by atoms with Gasteiger partial charge < -0.3 is 24.8 Å². The summed E-state index contributed by atoms with van der Waals surface area (Å²) in [5.41, 5.74) is 1.78. The molecule has 1 fully saturated rings. The fraction of sp³-hybridized carbons (Fsp3) is 0.474. The van der Waals surface area contributed by atoms with Gasteiger partial charge in [0.15, 0.2) is 0 Å². The number of hydrogen-bond donors (Lipinski definition) is 2. The molecular weight excluding hydrogens is 330 g/mol. The number of hydrogen-bond acceptors (Lipinski definition) is 4. The quantitative estimate of drug-likeness (QED) is 0.712. The van der Waals surface area contributed by atoms with E-state index in [0.717, 1.165) is 50.5 Å². The van der Waals surface area contributed by atoms with Crippen molar-refractivity contribution in [3.05, 3.63) is 43.0 Å². The van der Waals surface area contributed by atoms with Crippen LogP contribution in [-0.4, -0.2) is 60.4 Å². The van der Waals surface area contributed by atoms with Crippen molar-refractivity contribution in [1.82, 2.24) is 19.8 Å². The fourth-order valence-electron chi connectivity index (χ4n) is 3.26. The molecule has 0 saturated carbocycles. The first-order valence-corrected chi connectivity index (χ1v) is 9.09. The van der Waals surface area contributed by atoms with Crippen molar-refractivity contribution in [3.63, 3.8) is 0 Å². The highest BCUT2D eigenvalue weighted by Gasteiger charge is 2.22. The third kappa shape index (κ3) is 5.31. The van der Waals surface area contributed by atoms with Crippen LogP contribution in [0.2, 0.25) is 0 Å². The summed E-state index contributed by atoms with van der Waals surface area (Å²) in [7, 11) is 1.74. The number of amides is 2. The van der Waals surface area contributed by atoms with Crippen LogP contribution >= 0.6 is 0 Å². The molecule has 7 nitrogen and oxygen atoms in total. The zero-order chi connectivity index (χ0) is 18.2. The normalized spacial score (nSPS) is 17.3. The number of likely N-dealkylation sites (tertiary alicyclic amines) is 1. The van der Waals surface area contributed by atoms with Gasteiger partial charge in [0.25, 0.3) is 0 Å². The number of carbonyl (C=O) groups excluding carboxylic acids is 1. The maximum absolute atomic E-state index is 12.1. The summed E-state index contributed by atoms with van der Waals surface area (Å²) < 4.78 is 7.01. The zero-order valence-corrected chi connectivity index (χ0v) is 15.2. The molecule has 140 valence electrons. The van der Waals surface area contributed by atoms with Gasteiger partial charge in [0.2, 0.25) is 0 Å². The summed E-state index contributed by atoms with van der Waals surface area (Å²) in [5, 5.41) is 5.87. The molecular formula is C19H27N5O2. The van der Waals surface area contributed by atoms with Gasteiger partial charge in [0.05, 0.1) is 6.33 Å². The number of imidazole rings is 1. The van der Waals surface area contributed by atoms with Gasteiger partial charge in [0.1, 0.15) is 0 Å². The third-order valence-electron chi connectivity index (χ3n) is 4.67. The molecule has 0 radical (unpaired) electrons. The molecule has 1 saturated heterocycles. The number of aromatic nitrogens is 2. The van der Waals surface area contributed by atoms with Crippen LogP contribution in [-0.2, 0) is 4.74 Å². The van der Waals surface area contributed by atoms with Crippen LogP contribution in [0, 0.1) is 5.92 Å². The van der Waals surface area contributed by atoms with Gasteiger partial charge in [-0.2, -0.15) is 0 Å². The first-order chi connectivity index (χ1) is 12.7. The lowest BCUT2D eigenvalue weighted by Crippen LogP contribution is -2.34. The molecule has 1 atom stereocenters. The minimum atomic E-state index is -0.154. The molecule has 0 spiro atoms. The van der Waals surface area contributed by atoms with E-state index in [1.165, 1.54) is 0 Å². The van der Waals surface area contributed by atoms with Gasteiger partial charge in [-0.3, -0.25) is 0 Å². The monoisotopic (exact) mass is 357 g/mol. The number of urea groups is 1. The smallest absolute Gasteiger partial charge is 0.319 e. The Morgan fingerprint density at radius 2 is 2.19 bits per heavy atom. The molecule has 3 rings (SSSR count). The summed E-state index contributed by atoms with van der Waals surface area (Å²) in [5.74, 6) is 0.520. The third-order valence-corrected chi connectivity index (χ3v) is 4.67.